The molecule has 18 heavy (non-hydrogen) atoms. The molecule has 0 N–H and O–H groups in total. The van der Waals surface area contributed by atoms with Gasteiger partial charge in [0.25, 0.3) is 0 Å². The zero-order chi connectivity index (χ0) is 13.2. The van der Waals surface area contributed by atoms with Crippen molar-refractivity contribution in [1.29, 1.82) is 0 Å². The van der Waals surface area contributed by atoms with E-state index in [1.54, 1.807) is 4.90 Å². The van der Waals surface area contributed by atoms with E-state index in [9.17, 15) is 9.59 Å². The summed E-state index contributed by atoms with van der Waals surface area (Å²) in [6.45, 7) is 4.01. The first kappa shape index (κ1) is 13.1. The summed E-state index contributed by atoms with van der Waals surface area (Å²) in [6, 6.07) is 0. The van der Waals surface area contributed by atoms with Gasteiger partial charge in [-0.05, 0) is 13.3 Å². The van der Waals surface area contributed by atoms with Gasteiger partial charge in [-0.3, -0.25) is 9.59 Å². The topological polar surface area (TPSA) is 55.8 Å². The van der Waals surface area contributed by atoms with Crippen molar-refractivity contribution >= 4 is 11.9 Å². The molecule has 0 saturated carbocycles. The third-order valence-electron chi connectivity index (χ3n) is 3.68. The van der Waals surface area contributed by atoms with E-state index in [1.165, 1.54) is 7.11 Å². The van der Waals surface area contributed by atoms with Gasteiger partial charge in [0.1, 0.15) is 0 Å². The lowest BCUT2D eigenvalue weighted by Gasteiger charge is -2.23. The molecule has 0 aromatic rings. The van der Waals surface area contributed by atoms with Crippen LogP contribution < -0.4 is 0 Å². The van der Waals surface area contributed by atoms with E-state index in [0.717, 1.165) is 5.57 Å². The Morgan fingerprint density at radius 2 is 2.28 bits per heavy atom. The molecule has 0 aromatic carbocycles. The third kappa shape index (κ3) is 2.41. The number of hydrogen-bond acceptors (Lipinski definition) is 4. The molecule has 2 heterocycles. The number of nitrogens with zero attached hydrogens (tertiary/aromatic N) is 1. The summed E-state index contributed by atoms with van der Waals surface area (Å²) in [6.07, 6.45) is 3.15. The molecule has 100 valence electrons. The van der Waals surface area contributed by atoms with E-state index in [2.05, 4.69) is 0 Å². The lowest BCUT2D eigenvalue weighted by atomic mass is 9.90. The number of hydrogen-bond donors (Lipinski definition) is 0. The minimum absolute atomic E-state index is 0.0333. The second-order valence-corrected chi connectivity index (χ2v) is 5.08. The zero-order valence-electron chi connectivity index (χ0n) is 10.9. The quantitative estimate of drug-likeness (QED) is 0.681. The summed E-state index contributed by atoms with van der Waals surface area (Å²) >= 11 is 0. The summed E-state index contributed by atoms with van der Waals surface area (Å²) in [5.41, 5.74) is 0.242. The lowest BCUT2D eigenvalue weighted by molar-refractivity contribution is -0.151. The number of carbonyl (C=O) groups is 2. The van der Waals surface area contributed by atoms with E-state index in [1.807, 2.05) is 13.0 Å². The summed E-state index contributed by atoms with van der Waals surface area (Å²) in [4.78, 5) is 25.7. The monoisotopic (exact) mass is 253 g/mol. The van der Waals surface area contributed by atoms with Gasteiger partial charge >= 0.3 is 5.97 Å². The first-order chi connectivity index (χ1) is 8.57. The highest BCUT2D eigenvalue weighted by molar-refractivity contribution is 5.94. The van der Waals surface area contributed by atoms with Crippen molar-refractivity contribution in [2.45, 2.75) is 19.8 Å². The first-order valence-corrected chi connectivity index (χ1v) is 6.21. The van der Waals surface area contributed by atoms with Gasteiger partial charge in [-0.2, -0.15) is 0 Å². The number of likely N-dealkylation sites (tertiary alicyclic amines) is 1. The van der Waals surface area contributed by atoms with Crippen LogP contribution >= 0.6 is 0 Å². The molecule has 5 nitrogen and oxygen atoms in total. The number of esters is 1. The highest BCUT2D eigenvalue weighted by Gasteiger charge is 2.43. The number of amides is 1. The molecule has 0 unspecified atom stereocenters. The molecule has 0 bridgehead atoms. The van der Waals surface area contributed by atoms with Gasteiger partial charge in [-0.1, -0.05) is 6.08 Å². The zero-order valence-corrected chi connectivity index (χ0v) is 10.9. The molecule has 2 aliphatic heterocycles. The maximum atomic E-state index is 12.2. The van der Waals surface area contributed by atoms with Crippen LogP contribution in [-0.2, 0) is 19.1 Å². The van der Waals surface area contributed by atoms with Crippen molar-refractivity contribution in [3.8, 4) is 0 Å². The second-order valence-electron chi connectivity index (χ2n) is 5.08. The van der Waals surface area contributed by atoms with Crippen molar-refractivity contribution in [1.82, 2.24) is 4.90 Å². The number of carbonyl (C=O) groups excluding carboxylic acids is 2. The minimum atomic E-state index is -0.559. The standard InChI is InChI=1S/C13H19NO4/c1-13(12(16)17-2)5-6-14(9-13)11(15)10-3-7-18-8-4-10/h3H,4-9H2,1-2H3/t13-/m0/s1. The van der Waals surface area contributed by atoms with E-state index in [0.29, 0.717) is 39.1 Å². The highest BCUT2D eigenvalue weighted by atomic mass is 16.5. The SMILES string of the molecule is COC(=O)[C@@]1(C)CCN(C(=O)C2=CCOCC2)C1. The molecule has 1 saturated heterocycles. The molecule has 1 amide bonds. The number of rotatable bonds is 2. The second kappa shape index (κ2) is 5.10. The van der Waals surface area contributed by atoms with Crippen molar-refractivity contribution < 1.29 is 19.1 Å². The van der Waals surface area contributed by atoms with E-state index < -0.39 is 5.41 Å². The van der Waals surface area contributed by atoms with Crippen LogP contribution in [-0.4, -0.2) is 50.2 Å². The van der Waals surface area contributed by atoms with Gasteiger partial charge in [0, 0.05) is 25.1 Å². The van der Waals surface area contributed by atoms with Crippen molar-refractivity contribution in [2.24, 2.45) is 5.41 Å². The minimum Gasteiger partial charge on any atom is -0.469 e. The molecule has 0 aromatic heterocycles. The highest BCUT2D eigenvalue weighted by Crippen LogP contribution is 2.32. The molecule has 0 spiro atoms. The molecule has 0 radical (unpaired) electrons. The molecule has 5 heteroatoms. The fourth-order valence-corrected chi connectivity index (χ4v) is 2.47. The van der Waals surface area contributed by atoms with E-state index in [4.69, 9.17) is 9.47 Å². The first-order valence-electron chi connectivity index (χ1n) is 6.21. The lowest BCUT2D eigenvalue weighted by Crippen LogP contribution is -2.36. The normalized spacial score (nSPS) is 27.9. The predicted octanol–water partition coefficient (Wildman–Crippen LogP) is 0.745. The average Bonchev–Trinajstić information content (AvgIpc) is 2.82. The molecule has 2 rings (SSSR count). The van der Waals surface area contributed by atoms with Crippen LogP contribution in [0, 0.1) is 5.41 Å². The van der Waals surface area contributed by atoms with Crippen LogP contribution in [0.4, 0.5) is 0 Å². The maximum Gasteiger partial charge on any atom is 0.313 e. The van der Waals surface area contributed by atoms with Crippen LogP contribution in [0.25, 0.3) is 0 Å². The Bertz CT molecular complexity index is 390. The van der Waals surface area contributed by atoms with Crippen molar-refractivity contribution in [3.05, 3.63) is 11.6 Å². The Labute approximate surface area is 107 Å². The molecule has 0 aliphatic carbocycles. The molecule has 2 aliphatic rings. The Morgan fingerprint density at radius 1 is 1.50 bits per heavy atom. The molecular weight excluding hydrogens is 234 g/mol. The van der Waals surface area contributed by atoms with E-state index >= 15 is 0 Å². The Kier molecular flexibility index (Phi) is 3.71. The van der Waals surface area contributed by atoms with Crippen LogP contribution in [0.3, 0.4) is 0 Å². The van der Waals surface area contributed by atoms with Gasteiger partial charge in [-0.15, -0.1) is 0 Å². The Balaban J connectivity index is 2.02. The van der Waals surface area contributed by atoms with Crippen molar-refractivity contribution in [3.63, 3.8) is 0 Å². The fraction of sp³-hybridized carbons (Fsp3) is 0.692. The third-order valence-corrected chi connectivity index (χ3v) is 3.68. The maximum absolute atomic E-state index is 12.2. The largest absolute Gasteiger partial charge is 0.469 e. The molecule has 1 fully saturated rings. The van der Waals surface area contributed by atoms with Crippen molar-refractivity contribution in [2.75, 3.05) is 33.4 Å². The average molecular weight is 253 g/mol. The van der Waals surface area contributed by atoms with Gasteiger partial charge in [0.2, 0.25) is 5.91 Å². The summed E-state index contributed by atoms with van der Waals surface area (Å²) in [5, 5.41) is 0. The van der Waals surface area contributed by atoms with E-state index in [-0.39, 0.29) is 11.9 Å². The van der Waals surface area contributed by atoms with Gasteiger partial charge in [-0.25, -0.2) is 0 Å². The fourth-order valence-electron chi connectivity index (χ4n) is 2.47. The predicted molar refractivity (Wildman–Crippen MR) is 64.8 cm³/mol. The van der Waals surface area contributed by atoms with Gasteiger partial charge in [0.15, 0.2) is 0 Å². The number of ether oxygens (including phenoxy) is 2. The van der Waals surface area contributed by atoms with Crippen LogP contribution in [0.15, 0.2) is 11.6 Å². The summed E-state index contributed by atoms with van der Waals surface area (Å²) in [5.74, 6) is -0.204. The Morgan fingerprint density at radius 3 is 2.89 bits per heavy atom. The molecular formula is C13H19NO4. The summed E-state index contributed by atoms with van der Waals surface area (Å²) in [7, 11) is 1.39. The van der Waals surface area contributed by atoms with Crippen LogP contribution in [0.2, 0.25) is 0 Å². The van der Waals surface area contributed by atoms with Gasteiger partial charge < -0.3 is 14.4 Å². The summed E-state index contributed by atoms with van der Waals surface area (Å²) < 4.78 is 9.99. The van der Waals surface area contributed by atoms with Crippen LogP contribution in [0.1, 0.15) is 19.8 Å². The smallest absolute Gasteiger partial charge is 0.313 e. The van der Waals surface area contributed by atoms with Gasteiger partial charge in [0.05, 0.1) is 25.7 Å². The Hall–Kier alpha value is -1.36. The molecule has 1 atom stereocenters. The van der Waals surface area contributed by atoms with Crippen LogP contribution in [0.5, 0.6) is 0 Å². The number of methoxy groups -OCH3 is 1.